The number of carbonyl (C=O) groups is 2. The lowest BCUT2D eigenvalue weighted by molar-refractivity contribution is -0.138. The van der Waals surface area contributed by atoms with Crippen molar-refractivity contribution in [2.24, 2.45) is 0 Å². The van der Waals surface area contributed by atoms with E-state index in [0.29, 0.717) is 5.69 Å². The number of hydrogen-bond acceptors (Lipinski definition) is 3. The van der Waals surface area contributed by atoms with Gasteiger partial charge >= 0.3 is 5.97 Å². The summed E-state index contributed by atoms with van der Waals surface area (Å²) >= 11 is 0. The molecule has 96 valence electrons. The van der Waals surface area contributed by atoms with Gasteiger partial charge in [-0.05, 0) is 11.5 Å². The van der Waals surface area contributed by atoms with Crippen LogP contribution < -0.4 is 5.32 Å². The Hall–Kier alpha value is -2.40. The fourth-order valence-corrected chi connectivity index (χ4v) is 2.04. The lowest BCUT2D eigenvalue weighted by atomic mass is 10.1. The van der Waals surface area contributed by atoms with E-state index in [4.69, 9.17) is 9.84 Å². The van der Waals surface area contributed by atoms with Crippen LogP contribution in [0.3, 0.4) is 0 Å². The molecule has 0 aliphatic carbocycles. The first-order valence-electron chi connectivity index (χ1n) is 5.84. The van der Waals surface area contributed by atoms with Crippen molar-refractivity contribution in [3.63, 3.8) is 0 Å². The molecule has 5 heteroatoms. The zero-order chi connectivity index (χ0) is 13.4. The molecule has 1 aliphatic heterocycles. The summed E-state index contributed by atoms with van der Waals surface area (Å²) in [6, 6.07) is 13.2. The van der Waals surface area contributed by atoms with E-state index in [2.05, 4.69) is 5.32 Å². The highest BCUT2D eigenvalue weighted by atomic mass is 16.6. The number of carboxylic acids is 1. The van der Waals surface area contributed by atoms with Crippen LogP contribution in [-0.2, 0) is 14.3 Å². The number of ether oxygens (including phenoxy) is 1. The van der Waals surface area contributed by atoms with Crippen LogP contribution in [0.1, 0.15) is 0 Å². The molecule has 2 aromatic rings. The van der Waals surface area contributed by atoms with Crippen molar-refractivity contribution in [2.45, 2.75) is 12.2 Å². The summed E-state index contributed by atoms with van der Waals surface area (Å²) in [5.41, 5.74) is 0.655. The Labute approximate surface area is 108 Å². The average molecular weight is 257 g/mol. The SMILES string of the molecule is O=C(O)[C@H]1O[C@@H]1C(=O)Nc1cccc2ccccc12. The van der Waals surface area contributed by atoms with Crippen LogP contribution in [0, 0.1) is 0 Å². The molecule has 0 bridgehead atoms. The molecule has 3 rings (SSSR count). The molecule has 0 unspecified atom stereocenters. The van der Waals surface area contributed by atoms with Gasteiger partial charge < -0.3 is 15.2 Å². The van der Waals surface area contributed by atoms with E-state index in [9.17, 15) is 9.59 Å². The molecule has 1 amide bonds. The van der Waals surface area contributed by atoms with E-state index in [-0.39, 0.29) is 0 Å². The van der Waals surface area contributed by atoms with Gasteiger partial charge in [0, 0.05) is 11.1 Å². The van der Waals surface area contributed by atoms with Crippen LogP contribution in [0.5, 0.6) is 0 Å². The summed E-state index contributed by atoms with van der Waals surface area (Å²) < 4.78 is 4.81. The van der Waals surface area contributed by atoms with Crippen molar-refractivity contribution < 1.29 is 19.4 Å². The Kier molecular flexibility index (Phi) is 2.68. The average Bonchev–Trinajstić information content (AvgIpc) is 3.19. The van der Waals surface area contributed by atoms with Gasteiger partial charge in [-0.2, -0.15) is 0 Å². The second kappa shape index (κ2) is 4.37. The minimum absolute atomic E-state index is 0.427. The van der Waals surface area contributed by atoms with E-state index in [1.54, 1.807) is 6.07 Å². The number of amides is 1. The van der Waals surface area contributed by atoms with E-state index in [1.165, 1.54) is 0 Å². The molecular weight excluding hydrogens is 246 g/mol. The standard InChI is InChI=1S/C14H11NO4/c16-13(11-12(19-11)14(17)18)15-10-7-3-5-8-4-1-2-6-9(8)10/h1-7,11-12H,(H,15,16)(H,17,18)/t11-,12-/m0/s1. The van der Waals surface area contributed by atoms with Crippen LogP contribution in [0.2, 0.25) is 0 Å². The number of carbonyl (C=O) groups excluding carboxylic acids is 1. The summed E-state index contributed by atoms with van der Waals surface area (Å²) in [6.07, 6.45) is -1.91. The highest BCUT2D eigenvalue weighted by Crippen LogP contribution is 2.27. The van der Waals surface area contributed by atoms with E-state index >= 15 is 0 Å². The van der Waals surface area contributed by atoms with E-state index in [1.807, 2.05) is 36.4 Å². The molecule has 2 aromatic carbocycles. The van der Waals surface area contributed by atoms with Gasteiger partial charge in [-0.3, -0.25) is 4.79 Å². The zero-order valence-electron chi connectivity index (χ0n) is 9.87. The number of fused-ring (bicyclic) bond motifs is 1. The predicted octanol–water partition coefficient (Wildman–Crippen LogP) is 1.63. The van der Waals surface area contributed by atoms with Crippen molar-refractivity contribution in [2.75, 3.05) is 5.32 Å². The molecule has 0 aromatic heterocycles. The predicted molar refractivity (Wildman–Crippen MR) is 68.9 cm³/mol. The van der Waals surface area contributed by atoms with Crippen molar-refractivity contribution in [1.29, 1.82) is 0 Å². The van der Waals surface area contributed by atoms with Gasteiger partial charge in [-0.1, -0.05) is 36.4 Å². The minimum Gasteiger partial charge on any atom is -0.479 e. The maximum atomic E-state index is 11.8. The number of nitrogens with one attached hydrogen (secondary N) is 1. The van der Waals surface area contributed by atoms with Crippen LogP contribution in [0.15, 0.2) is 42.5 Å². The number of hydrogen-bond donors (Lipinski definition) is 2. The molecular formula is C14H11NO4. The number of benzene rings is 2. The van der Waals surface area contributed by atoms with Crippen LogP contribution in [0.4, 0.5) is 5.69 Å². The highest BCUT2D eigenvalue weighted by Gasteiger charge is 2.50. The van der Waals surface area contributed by atoms with Crippen LogP contribution >= 0.6 is 0 Å². The molecule has 19 heavy (non-hydrogen) atoms. The Morgan fingerprint density at radius 3 is 2.53 bits per heavy atom. The van der Waals surface area contributed by atoms with E-state index < -0.39 is 24.1 Å². The van der Waals surface area contributed by atoms with Crippen molar-refractivity contribution in [3.8, 4) is 0 Å². The number of epoxide rings is 1. The van der Waals surface area contributed by atoms with Gasteiger partial charge in [0.1, 0.15) is 0 Å². The Balaban J connectivity index is 1.83. The number of anilines is 1. The van der Waals surface area contributed by atoms with Crippen molar-refractivity contribution >= 4 is 28.3 Å². The maximum absolute atomic E-state index is 11.8. The first kappa shape index (κ1) is 11.7. The Morgan fingerprint density at radius 2 is 1.79 bits per heavy atom. The molecule has 1 aliphatic rings. The number of aliphatic carboxylic acids is 1. The molecule has 0 radical (unpaired) electrons. The number of carboxylic acid groups (broad SMARTS) is 1. The molecule has 1 heterocycles. The Morgan fingerprint density at radius 1 is 1.05 bits per heavy atom. The third kappa shape index (κ3) is 2.15. The lowest BCUT2D eigenvalue weighted by Gasteiger charge is -2.07. The summed E-state index contributed by atoms with van der Waals surface area (Å²) in [5.74, 6) is -1.54. The molecule has 0 spiro atoms. The largest absolute Gasteiger partial charge is 0.479 e. The molecule has 5 nitrogen and oxygen atoms in total. The second-order valence-electron chi connectivity index (χ2n) is 4.33. The van der Waals surface area contributed by atoms with Gasteiger partial charge in [0.15, 0.2) is 12.2 Å². The van der Waals surface area contributed by atoms with Gasteiger partial charge in [-0.25, -0.2) is 4.79 Å². The number of rotatable bonds is 3. The lowest BCUT2D eigenvalue weighted by Crippen LogP contribution is -2.22. The quantitative estimate of drug-likeness (QED) is 0.819. The van der Waals surface area contributed by atoms with Gasteiger partial charge in [0.05, 0.1) is 0 Å². The summed E-state index contributed by atoms with van der Waals surface area (Å²) in [5, 5.41) is 13.3. The summed E-state index contributed by atoms with van der Waals surface area (Å²) in [6.45, 7) is 0. The molecule has 2 N–H and O–H groups in total. The molecule has 2 atom stereocenters. The fourth-order valence-electron chi connectivity index (χ4n) is 2.04. The first-order valence-corrected chi connectivity index (χ1v) is 5.84. The van der Waals surface area contributed by atoms with Gasteiger partial charge in [0.25, 0.3) is 5.91 Å². The van der Waals surface area contributed by atoms with Crippen molar-refractivity contribution in [1.82, 2.24) is 0 Å². The molecule has 0 saturated carbocycles. The fraction of sp³-hybridized carbons (Fsp3) is 0.143. The smallest absolute Gasteiger partial charge is 0.336 e. The first-order chi connectivity index (χ1) is 9.16. The zero-order valence-corrected chi connectivity index (χ0v) is 9.87. The third-order valence-corrected chi connectivity index (χ3v) is 3.04. The Bertz CT molecular complexity index is 662. The normalized spacial score (nSPS) is 21.1. The molecule has 1 fully saturated rings. The summed E-state index contributed by atoms with van der Waals surface area (Å²) in [7, 11) is 0. The minimum atomic E-state index is -1.11. The monoisotopic (exact) mass is 257 g/mol. The van der Waals surface area contributed by atoms with Crippen LogP contribution in [-0.4, -0.2) is 29.2 Å². The molecule has 1 saturated heterocycles. The van der Waals surface area contributed by atoms with Gasteiger partial charge in [0.2, 0.25) is 0 Å². The third-order valence-electron chi connectivity index (χ3n) is 3.04. The topological polar surface area (TPSA) is 78.9 Å². The maximum Gasteiger partial charge on any atom is 0.336 e. The second-order valence-corrected chi connectivity index (χ2v) is 4.33. The highest BCUT2D eigenvalue weighted by molar-refractivity contribution is 6.06. The van der Waals surface area contributed by atoms with Gasteiger partial charge in [-0.15, -0.1) is 0 Å². The summed E-state index contributed by atoms with van der Waals surface area (Å²) in [4.78, 5) is 22.5. The van der Waals surface area contributed by atoms with Crippen molar-refractivity contribution in [3.05, 3.63) is 42.5 Å². The van der Waals surface area contributed by atoms with Crippen LogP contribution in [0.25, 0.3) is 10.8 Å². The van der Waals surface area contributed by atoms with E-state index in [0.717, 1.165) is 10.8 Å².